The molecule has 150 valence electrons. The van der Waals surface area contributed by atoms with Gasteiger partial charge in [-0.2, -0.15) is 0 Å². The standard InChI is InChI=1S/C22H28N2O4/c1-3-28-18-8-6-7-17(15-18)16-23(13-14-25)20-11-12-24(22(20)26)19-9-4-5-10-21(19)27-2/h4-10,15,20,25H,3,11-14,16H2,1-2H3. The Morgan fingerprint density at radius 3 is 2.79 bits per heavy atom. The van der Waals surface area contributed by atoms with Crippen LogP contribution in [0.5, 0.6) is 11.5 Å². The summed E-state index contributed by atoms with van der Waals surface area (Å²) in [6.45, 7) is 4.22. The molecule has 0 bridgehead atoms. The van der Waals surface area contributed by atoms with Crippen molar-refractivity contribution in [3.05, 3.63) is 54.1 Å². The van der Waals surface area contributed by atoms with E-state index < -0.39 is 0 Å². The molecule has 0 aliphatic carbocycles. The lowest BCUT2D eigenvalue weighted by molar-refractivity contribution is -0.122. The van der Waals surface area contributed by atoms with E-state index >= 15 is 0 Å². The second-order valence-electron chi connectivity index (χ2n) is 6.74. The van der Waals surface area contributed by atoms with Crippen LogP contribution in [-0.2, 0) is 11.3 Å². The smallest absolute Gasteiger partial charge is 0.244 e. The molecular weight excluding hydrogens is 356 g/mol. The Morgan fingerprint density at radius 2 is 2.04 bits per heavy atom. The van der Waals surface area contributed by atoms with Crippen LogP contribution in [0, 0.1) is 0 Å². The maximum atomic E-state index is 13.2. The summed E-state index contributed by atoms with van der Waals surface area (Å²) in [4.78, 5) is 17.0. The Labute approximate surface area is 166 Å². The van der Waals surface area contributed by atoms with Crippen LogP contribution in [0.2, 0.25) is 0 Å². The zero-order valence-electron chi connectivity index (χ0n) is 16.5. The van der Waals surface area contributed by atoms with Crippen LogP contribution in [-0.4, -0.2) is 55.4 Å². The number of anilines is 1. The van der Waals surface area contributed by atoms with Crippen molar-refractivity contribution >= 4 is 11.6 Å². The number of rotatable bonds is 9. The summed E-state index contributed by atoms with van der Waals surface area (Å²) >= 11 is 0. The van der Waals surface area contributed by atoms with E-state index in [1.807, 2.05) is 60.4 Å². The third-order valence-corrected chi connectivity index (χ3v) is 4.98. The highest BCUT2D eigenvalue weighted by Gasteiger charge is 2.37. The number of methoxy groups -OCH3 is 1. The quantitative estimate of drug-likeness (QED) is 0.720. The summed E-state index contributed by atoms with van der Waals surface area (Å²) < 4.78 is 11.0. The maximum absolute atomic E-state index is 13.2. The minimum absolute atomic E-state index is 0.00356. The van der Waals surface area contributed by atoms with E-state index in [-0.39, 0.29) is 18.6 Å². The number of hydrogen-bond donors (Lipinski definition) is 1. The number of ether oxygens (including phenoxy) is 2. The molecule has 0 saturated carbocycles. The van der Waals surface area contributed by atoms with Crippen molar-refractivity contribution in [2.45, 2.75) is 25.9 Å². The number of para-hydroxylation sites is 2. The minimum atomic E-state index is -0.271. The molecule has 1 aliphatic rings. The average molecular weight is 384 g/mol. The molecule has 2 aromatic rings. The third-order valence-electron chi connectivity index (χ3n) is 4.98. The fourth-order valence-electron chi connectivity index (χ4n) is 3.70. The molecule has 1 heterocycles. The maximum Gasteiger partial charge on any atom is 0.244 e. The first-order chi connectivity index (χ1) is 13.7. The molecule has 0 aromatic heterocycles. The Balaban J connectivity index is 1.77. The molecule has 0 radical (unpaired) electrons. The summed E-state index contributed by atoms with van der Waals surface area (Å²) in [6, 6.07) is 15.2. The number of amides is 1. The summed E-state index contributed by atoms with van der Waals surface area (Å²) in [5, 5.41) is 9.55. The first-order valence-corrected chi connectivity index (χ1v) is 9.69. The van der Waals surface area contributed by atoms with Gasteiger partial charge in [0.15, 0.2) is 0 Å². The van der Waals surface area contributed by atoms with Crippen molar-refractivity contribution in [3.63, 3.8) is 0 Å². The minimum Gasteiger partial charge on any atom is -0.495 e. The molecule has 6 nitrogen and oxygen atoms in total. The van der Waals surface area contributed by atoms with Gasteiger partial charge in [0.2, 0.25) is 5.91 Å². The fraction of sp³-hybridized carbons (Fsp3) is 0.409. The zero-order chi connectivity index (χ0) is 19.9. The van der Waals surface area contributed by atoms with Crippen molar-refractivity contribution in [2.24, 2.45) is 0 Å². The van der Waals surface area contributed by atoms with Gasteiger partial charge in [-0.25, -0.2) is 0 Å². The molecule has 1 unspecified atom stereocenters. The molecule has 28 heavy (non-hydrogen) atoms. The van der Waals surface area contributed by atoms with Crippen LogP contribution in [0.25, 0.3) is 0 Å². The lowest BCUT2D eigenvalue weighted by Gasteiger charge is -2.27. The van der Waals surface area contributed by atoms with E-state index in [1.54, 1.807) is 12.0 Å². The Bertz CT molecular complexity index is 796. The number of benzene rings is 2. The van der Waals surface area contributed by atoms with Crippen LogP contribution in [0.15, 0.2) is 48.5 Å². The molecule has 0 spiro atoms. The summed E-state index contributed by atoms with van der Waals surface area (Å²) in [7, 11) is 1.61. The fourth-order valence-corrected chi connectivity index (χ4v) is 3.70. The van der Waals surface area contributed by atoms with Gasteiger partial charge < -0.3 is 19.5 Å². The molecule has 1 saturated heterocycles. The Kier molecular flexibility index (Phi) is 6.90. The summed E-state index contributed by atoms with van der Waals surface area (Å²) in [5.74, 6) is 1.55. The highest BCUT2D eigenvalue weighted by molar-refractivity contribution is 6.00. The summed E-state index contributed by atoms with van der Waals surface area (Å²) in [5.41, 5.74) is 1.85. The monoisotopic (exact) mass is 384 g/mol. The van der Waals surface area contributed by atoms with Gasteiger partial charge in [0.05, 0.1) is 32.1 Å². The van der Waals surface area contributed by atoms with Crippen molar-refractivity contribution in [2.75, 3.05) is 38.3 Å². The number of aliphatic hydroxyl groups is 1. The Morgan fingerprint density at radius 1 is 1.21 bits per heavy atom. The molecule has 1 atom stereocenters. The number of aliphatic hydroxyl groups excluding tert-OH is 1. The normalized spacial score (nSPS) is 16.6. The van der Waals surface area contributed by atoms with E-state index in [2.05, 4.69) is 0 Å². The third kappa shape index (κ3) is 4.46. The SMILES string of the molecule is CCOc1cccc(CN(CCO)C2CCN(c3ccccc3OC)C2=O)c1. The summed E-state index contributed by atoms with van der Waals surface area (Å²) in [6.07, 6.45) is 0.710. The van der Waals surface area contributed by atoms with Crippen molar-refractivity contribution in [1.29, 1.82) is 0 Å². The molecule has 3 rings (SSSR count). The molecule has 2 aromatic carbocycles. The molecule has 6 heteroatoms. The van der Waals surface area contributed by atoms with Crippen molar-refractivity contribution < 1.29 is 19.4 Å². The highest BCUT2D eigenvalue weighted by atomic mass is 16.5. The average Bonchev–Trinajstić information content (AvgIpc) is 3.09. The molecule has 1 aliphatic heterocycles. The number of carbonyl (C=O) groups is 1. The lowest BCUT2D eigenvalue weighted by atomic mass is 10.1. The second kappa shape index (κ2) is 9.57. The van der Waals surface area contributed by atoms with Crippen LogP contribution < -0.4 is 14.4 Å². The van der Waals surface area contributed by atoms with Crippen molar-refractivity contribution in [1.82, 2.24) is 4.90 Å². The molecule has 1 N–H and O–H groups in total. The number of hydrogen-bond acceptors (Lipinski definition) is 5. The molecule has 1 amide bonds. The van der Waals surface area contributed by atoms with E-state index in [0.717, 1.165) is 17.0 Å². The van der Waals surface area contributed by atoms with Gasteiger partial charge in [-0.05, 0) is 43.2 Å². The van der Waals surface area contributed by atoms with Gasteiger partial charge in [0.25, 0.3) is 0 Å². The zero-order valence-corrected chi connectivity index (χ0v) is 16.5. The van der Waals surface area contributed by atoms with Gasteiger partial charge in [0, 0.05) is 19.6 Å². The van der Waals surface area contributed by atoms with Gasteiger partial charge in [-0.15, -0.1) is 0 Å². The number of carbonyl (C=O) groups excluding carboxylic acids is 1. The van der Waals surface area contributed by atoms with Gasteiger partial charge >= 0.3 is 0 Å². The number of nitrogens with zero attached hydrogens (tertiary/aromatic N) is 2. The second-order valence-corrected chi connectivity index (χ2v) is 6.74. The van der Waals surface area contributed by atoms with Crippen LogP contribution in [0.3, 0.4) is 0 Å². The van der Waals surface area contributed by atoms with Crippen LogP contribution in [0.1, 0.15) is 18.9 Å². The lowest BCUT2D eigenvalue weighted by Crippen LogP contribution is -2.43. The van der Waals surface area contributed by atoms with Gasteiger partial charge in [-0.3, -0.25) is 9.69 Å². The van der Waals surface area contributed by atoms with E-state index in [1.165, 1.54) is 0 Å². The Hall–Kier alpha value is -2.57. The van der Waals surface area contributed by atoms with Gasteiger partial charge in [-0.1, -0.05) is 24.3 Å². The van der Waals surface area contributed by atoms with Gasteiger partial charge in [0.1, 0.15) is 11.5 Å². The molecular formula is C22H28N2O4. The van der Waals surface area contributed by atoms with Crippen molar-refractivity contribution in [3.8, 4) is 11.5 Å². The highest BCUT2D eigenvalue weighted by Crippen LogP contribution is 2.32. The predicted molar refractivity (Wildman–Crippen MR) is 109 cm³/mol. The topological polar surface area (TPSA) is 62.2 Å². The van der Waals surface area contributed by atoms with E-state index in [0.29, 0.717) is 38.4 Å². The largest absolute Gasteiger partial charge is 0.495 e. The van der Waals surface area contributed by atoms with E-state index in [9.17, 15) is 9.90 Å². The van der Waals surface area contributed by atoms with Crippen LogP contribution in [0.4, 0.5) is 5.69 Å². The molecule has 1 fully saturated rings. The predicted octanol–water partition coefficient (Wildman–Crippen LogP) is 2.69. The van der Waals surface area contributed by atoms with E-state index in [4.69, 9.17) is 9.47 Å². The van der Waals surface area contributed by atoms with Crippen LogP contribution >= 0.6 is 0 Å². The first-order valence-electron chi connectivity index (χ1n) is 9.69. The first kappa shape index (κ1) is 20.2.